The van der Waals surface area contributed by atoms with Crippen molar-refractivity contribution >= 4 is 12.4 Å². The molecule has 1 fully saturated rings. The fourth-order valence-electron chi connectivity index (χ4n) is 2.28. The Labute approximate surface area is 103 Å². The second kappa shape index (κ2) is 6.23. The standard InChI is InChI=1S/C11H20N4.ClH/c1-9(12)10-3-2-6-15(7-10)8-11-4-5-13-14-11;/h4-5,9-10H,2-3,6-8,12H2,1H3,(H,13,14);1H. The van der Waals surface area contributed by atoms with Crippen molar-refractivity contribution in [2.75, 3.05) is 13.1 Å². The van der Waals surface area contributed by atoms with Crippen LogP contribution in [0.2, 0.25) is 0 Å². The van der Waals surface area contributed by atoms with E-state index in [2.05, 4.69) is 22.0 Å². The van der Waals surface area contributed by atoms with E-state index in [1.165, 1.54) is 25.1 Å². The molecule has 0 radical (unpaired) electrons. The number of rotatable bonds is 3. The van der Waals surface area contributed by atoms with Crippen molar-refractivity contribution in [3.05, 3.63) is 18.0 Å². The summed E-state index contributed by atoms with van der Waals surface area (Å²) < 4.78 is 0. The molecule has 1 aromatic rings. The predicted molar refractivity (Wildman–Crippen MR) is 67.5 cm³/mol. The van der Waals surface area contributed by atoms with Gasteiger partial charge < -0.3 is 5.73 Å². The van der Waals surface area contributed by atoms with Gasteiger partial charge in [0.1, 0.15) is 0 Å². The summed E-state index contributed by atoms with van der Waals surface area (Å²) in [4.78, 5) is 2.46. The van der Waals surface area contributed by atoms with E-state index in [1.807, 2.05) is 12.3 Å². The number of H-pyrrole nitrogens is 1. The van der Waals surface area contributed by atoms with E-state index in [1.54, 1.807) is 0 Å². The zero-order valence-electron chi connectivity index (χ0n) is 9.72. The molecule has 2 unspecified atom stereocenters. The van der Waals surface area contributed by atoms with Crippen molar-refractivity contribution in [2.24, 2.45) is 11.7 Å². The van der Waals surface area contributed by atoms with Crippen LogP contribution in [0.5, 0.6) is 0 Å². The van der Waals surface area contributed by atoms with Crippen LogP contribution < -0.4 is 5.73 Å². The van der Waals surface area contributed by atoms with Gasteiger partial charge in [-0.05, 0) is 38.3 Å². The van der Waals surface area contributed by atoms with Gasteiger partial charge >= 0.3 is 0 Å². The topological polar surface area (TPSA) is 57.9 Å². The van der Waals surface area contributed by atoms with Crippen LogP contribution in [0.25, 0.3) is 0 Å². The molecular formula is C11H21ClN4. The predicted octanol–water partition coefficient (Wildman–Crippen LogP) is 1.39. The molecule has 1 aliphatic heterocycles. The van der Waals surface area contributed by atoms with E-state index in [-0.39, 0.29) is 12.4 Å². The summed E-state index contributed by atoms with van der Waals surface area (Å²) >= 11 is 0. The number of hydrogen-bond donors (Lipinski definition) is 2. The quantitative estimate of drug-likeness (QED) is 0.845. The molecule has 1 aliphatic rings. The summed E-state index contributed by atoms with van der Waals surface area (Å²) in [5.74, 6) is 0.654. The summed E-state index contributed by atoms with van der Waals surface area (Å²) in [6.07, 6.45) is 4.35. The minimum Gasteiger partial charge on any atom is -0.328 e. The maximum atomic E-state index is 5.96. The first kappa shape index (κ1) is 13.5. The van der Waals surface area contributed by atoms with Crippen LogP contribution in [0, 0.1) is 5.92 Å². The summed E-state index contributed by atoms with van der Waals surface area (Å²) in [5, 5.41) is 6.97. The molecular weight excluding hydrogens is 224 g/mol. The van der Waals surface area contributed by atoms with Gasteiger partial charge in [-0.2, -0.15) is 5.10 Å². The van der Waals surface area contributed by atoms with Crippen LogP contribution >= 0.6 is 12.4 Å². The molecule has 2 rings (SSSR count). The lowest BCUT2D eigenvalue weighted by molar-refractivity contribution is 0.153. The molecule has 0 amide bonds. The number of nitrogens with one attached hydrogen (secondary N) is 1. The lowest BCUT2D eigenvalue weighted by Crippen LogP contribution is -2.41. The van der Waals surface area contributed by atoms with Crippen LogP contribution in [0.15, 0.2) is 12.3 Å². The third-order valence-corrected chi connectivity index (χ3v) is 3.24. The van der Waals surface area contributed by atoms with Gasteiger partial charge in [0.25, 0.3) is 0 Å². The number of piperidine rings is 1. The first-order valence-electron chi connectivity index (χ1n) is 5.72. The molecule has 1 aromatic heterocycles. The summed E-state index contributed by atoms with van der Waals surface area (Å²) in [6.45, 7) is 5.40. The Morgan fingerprint density at radius 2 is 2.50 bits per heavy atom. The van der Waals surface area contributed by atoms with Crippen molar-refractivity contribution < 1.29 is 0 Å². The van der Waals surface area contributed by atoms with Gasteiger partial charge in [-0.3, -0.25) is 10.00 Å². The number of nitrogens with two attached hydrogens (primary N) is 1. The van der Waals surface area contributed by atoms with Gasteiger partial charge in [-0.1, -0.05) is 0 Å². The highest BCUT2D eigenvalue weighted by Crippen LogP contribution is 2.19. The highest BCUT2D eigenvalue weighted by atomic mass is 35.5. The average molecular weight is 245 g/mol. The van der Waals surface area contributed by atoms with Crippen molar-refractivity contribution in [1.29, 1.82) is 0 Å². The van der Waals surface area contributed by atoms with Gasteiger partial charge in [-0.15, -0.1) is 12.4 Å². The van der Waals surface area contributed by atoms with Crippen LogP contribution in [0.1, 0.15) is 25.5 Å². The van der Waals surface area contributed by atoms with E-state index in [0.717, 1.165) is 13.1 Å². The summed E-state index contributed by atoms with van der Waals surface area (Å²) in [6, 6.07) is 2.35. The van der Waals surface area contributed by atoms with Crippen molar-refractivity contribution in [3.8, 4) is 0 Å². The number of hydrogen-bond acceptors (Lipinski definition) is 3. The van der Waals surface area contributed by atoms with Gasteiger partial charge in [0.05, 0.1) is 0 Å². The first-order chi connectivity index (χ1) is 7.25. The highest BCUT2D eigenvalue weighted by Gasteiger charge is 2.22. The first-order valence-corrected chi connectivity index (χ1v) is 5.72. The molecule has 16 heavy (non-hydrogen) atoms. The smallest absolute Gasteiger partial charge is 0.0492 e. The maximum Gasteiger partial charge on any atom is 0.0492 e. The van der Waals surface area contributed by atoms with Gasteiger partial charge in [0.2, 0.25) is 0 Å². The molecule has 1 saturated heterocycles. The van der Waals surface area contributed by atoms with E-state index in [4.69, 9.17) is 5.73 Å². The molecule has 0 bridgehead atoms. The zero-order chi connectivity index (χ0) is 10.7. The summed E-state index contributed by atoms with van der Waals surface area (Å²) in [5.41, 5.74) is 7.15. The van der Waals surface area contributed by atoms with Gasteiger partial charge in [0, 0.05) is 31.0 Å². The number of aromatic amines is 1. The maximum absolute atomic E-state index is 5.96. The SMILES string of the molecule is CC(N)C1CCCN(Cc2ccn[nH]2)C1.Cl. The average Bonchev–Trinajstić information content (AvgIpc) is 2.71. The Morgan fingerprint density at radius 3 is 3.12 bits per heavy atom. The second-order valence-corrected chi connectivity index (χ2v) is 4.58. The number of nitrogens with zero attached hydrogens (tertiary/aromatic N) is 2. The normalized spacial score (nSPS) is 23.8. The Kier molecular flexibility index (Phi) is 5.25. The molecule has 5 heteroatoms. The minimum atomic E-state index is 0. The number of aromatic nitrogens is 2. The molecule has 3 N–H and O–H groups in total. The fraction of sp³-hybridized carbons (Fsp3) is 0.727. The van der Waals surface area contributed by atoms with Crippen LogP contribution in [0.4, 0.5) is 0 Å². The van der Waals surface area contributed by atoms with E-state index in [9.17, 15) is 0 Å². The lowest BCUT2D eigenvalue weighted by atomic mass is 9.92. The van der Waals surface area contributed by atoms with Gasteiger partial charge in [-0.25, -0.2) is 0 Å². The largest absolute Gasteiger partial charge is 0.328 e. The summed E-state index contributed by atoms with van der Waals surface area (Å²) in [7, 11) is 0. The van der Waals surface area contributed by atoms with Crippen LogP contribution in [-0.4, -0.2) is 34.2 Å². The van der Waals surface area contributed by atoms with E-state index in [0.29, 0.717) is 12.0 Å². The monoisotopic (exact) mass is 244 g/mol. The van der Waals surface area contributed by atoms with Gasteiger partial charge in [0.15, 0.2) is 0 Å². The van der Waals surface area contributed by atoms with Crippen LogP contribution in [0.3, 0.4) is 0 Å². The van der Waals surface area contributed by atoms with Crippen molar-refractivity contribution in [1.82, 2.24) is 15.1 Å². The third-order valence-electron chi connectivity index (χ3n) is 3.24. The molecule has 92 valence electrons. The zero-order valence-corrected chi connectivity index (χ0v) is 10.5. The molecule has 0 saturated carbocycles. The molecule has 0 aliphatic carbocycles. The second-order valence-electron chi connectivity index (χ2n) is 4.58. The highest BCUT2D eigenvalue weighted by molar-refractivity contribution is 5.85. The molecule has 0 spiro atoms. The Hall–Kier alpha value is -0.580. The van der Waals surface area contributed by atoms with E-state index < -0.39 is 0 Å². The Morgan fingerprint density at radius 1 is 1.69 bits per heavy atom. The minimum absolute atomic E-state index is 0. The third kappa shape index (κ3) is 3.47. The Balaban J connectivity index is 0.00000128. The molecule has 2 atom stereocenters. The number of halogens is 1. The van der Waals surface area contributed by atoms with Crippen LogP contribution in [-0.2, 0) is 6.54 Å². The van der Waals surface area contributed by atoms with Crippen molar-refractivity contribution in [2.45, 2.75) is 32.4 Å². The molecule has 0 aromatic carbocycles. The Bertz CT molecular complexity index is 286. The molecule has 2 heterocycles. The molecule has 4 nitrogen and oxygen atoms in total. The van der Waals surface area contributed by atoms with Crippen molar-refractivity contribution in [3.63, 3.8) is 0 Å². The lowest BCUT2D eigenvalue weighted by Gasteiger charge is -2.34. The number of likely N-dealkylation sites (tertiary alicyclic amines) is 1. The fourth-order valence-corrected chi connectivity index (χ4v) is 2.28. The van der Waals surface area contributed by atoms with E-state index >= 15 is 0 Å².